The van der Waals surface area contributed by atoms with E-state index in [1.54, 1.807) is 20.4 Å². The number of H-pyrrole nitrogens is 1. The van der Waals surface area contributed by atoms with Crippen molar-refractivity contribution in [3.05, 3.63) is 42.6 Å². The smallest absolute Gasteiger partial charge is 0.161 e. The zero-order valence-corrected chi connectivity index (χ0v) is 19.4. The standard InChI is InChI=1S/C25H28N6O3/c1-32-20-7-5-6-17-22(20)30-25(29-17)23-24(26)27-15-18(28-23)16-8-9-19(21(14-16)33-2)34-13-12-31-10-3-4-11-31/h5-9,14-15H,3-4,10-13H2,1-2H3,(H2,26,27)(H,29,30). The van der Waals surface area contributed by atoms with Gasteiger partial charge in [0.2, 0.25) is 0 Å². The summed E-state index contributed by atoms with van der Waals surface area (Å²) >= 11 is 0. The maximum Gasteiger partial charge on any atom is 0.161 e. The molecule has 9 nitrogen and oxygen atoms in total. The van der Waals surface area contributed by atoms with Crippen molar-refractivity contribution >= 4 is 16.9 Å². The molecule has 0 atom stereocenters. The van der Waals surface area contributed by atoms with E-state index in [1.165, 1.54) is 12.8 Å². The number of methoxy groups -OCH3 is 2. The van der Waals surface area contributed by atoms with E-state index in [2.05, 4.69) is 19.9 Å². The van der Waals surface area contributed by atoms with Crippen LogP contribution in [0.25, 0.3) is 33.8 Å². The summed E-state index contributed by atoms with van der Waals surface area (Å²) in [6, 6.07) is 11.4. The molecule has 3 heterocycles. The van der Waals surface area contributed by atoms with Gasteiger partial charge in [-0.3, -0.25) is 4.90 Å². The molecule has 0 amide bonds. The highest BCUT2D eigenvalue weighted by atomic mass is 16.5. The van der Waals surface area contributed by atoms with E-state index >= 15 is 0 Å². The summed E-state index contributed by atoms with van der Waals surface area (Å²) in [5.74, 6) is 2.84. The number of likely N-dealkylation sites (tertiary alicyclic amines) is 1. The van der Waals surface area contributed by atoms with E-state index in [0.717, 1.165) is 30.7 Å². The maximum absolute atomic E-state index is 6.17. The van der Waals surface area contributed by atoms with E-state index < -0.39 is 0 Å². The van der Waals surface area contributed by atoms with Gasteiger partial charge in [0.15, 0.2) is 23.1 Å². The molecule has 176 valence electrons. The van der Waals surface area contributed by atoms with Gasteiger partial charge in [-0.05, 0) is 56.3 Å². The third-order valence-corrected chi connectivity index (χ3v) is 6.04. The minimum Gasteiger partial charge on any atom is -0.494 e. The average molecular weight is 461 g/mol. The monoisotopic (exact) mass is 460 g/mol. The van der Waals surface area contributed by atoms with Crippen molar-refractivity contribution in [2.24, 2.45) is 0 Å². The summed E-state index contributed by atoms with van der Waals surface area (Å²) in [6.45, 7) is 3.84. The lowest BCUT2D eigenvalue weighted by Crippen LogP contribution is -2.25. The third kappa shape index (κ3) is 4.34. The zero-order chi connectivity index (χ0) is 23.5. The van der Waals surface area contributed by atoms with Gasteiger partial charge >= 0.3 is 0 Å². The number of para-hydroxylation sites is 1. The minimum absolute atomic E-state index is 0.288. The van der Waals surface area contributed by atoms with Gasteiger partial charge in [0.1, 0.15) is 23.6 Å². The first-order valence-electron chi connectivity index (χ1n) is 11.4. The number of imidazole rings is 1. The topological polar surface area (TPSA) is 111 Å². The van der Waals surface area contributed by atoms with Gasteiger partial charge in [0.25, 0.3) is 0 Å². The molecule has 1 saturated heterocycles. The van der Waals surface area contributed by atoms with E-state index in [-0.39, 0.29) is 5.82 Å². The van der Waals surface area contributed by atoms with Gasteiger partial charge in [-0.25, -0.2) is 15.0 Å². The average Bonchev–Trinajstić information content (AvgIpc) is 3.54. The first-order chi connectivity index (χ1) is 16.7. The second-order valence-corrected chi connectivity index (χ2v) is 8.19. The zero-order valence-electron chi connectivity index (χ0n) is 19.4. The molecule has 1 fully saturated rings. The highest BCUT2D eigenvalue weighted by Crippen LogP contribution is 2.34. The highest BCUT2D eigenvalue weighted by Gasteiger charge is 2.17. The van der Waals surface area contributed by atoms with Gasteiger partial charge in [-0.15, -0.1) is 0 Å². The van der Waals surface area contributed by atoms with Gasteiger partial charge in [-0.2, -0.15) is 0 Å². The van der Waals surface area contributed by atoms with E-state index in [0.29, 0.717) is 46.6 Å². The first kappa shape index (κ1) is 22.0. The lowest BCUT2D eigenvalue weighted by atomic mass is 10.1. The van der Waals surface area contributed by atoms with Gasteiger partial charge in [0.05, 0.1) is 31.6 Å². The Bertz CT molecular complexity index is 1300. The minimum atomic E-state index is 0.288. The molecule has 0 unspecified atom stereocenters. The Hall–Kier alpha value is -3.85. The molecule has 1 aliphatic heterocycles. The van der Waals surface area contributed by atoms with Crippen LogP contribution in [0.5, 0.6) is 17.2 Å². The molecular weight excluding hydrogens is 432 g/mol. The molecule has 0 bridgehead atoms. The molecule has 1 aliphatic rings. The van der Waals surface area contributed by atoms with Crippen LogP contribution in [0.1, 0.15) is 12.8 Å². The number of nitrogens with zero attached hydrogens (tertiary/aromatic N) is 4. The Morgan fingerprint density at radius 2 is 1.82 bits per heavy atom. The number of nitrogens with one attached hydrogen (secondary N) is 1. The van der Waals surface area contributed by atoms with Crippen LogP contribution in [0.4, 0.5) is 5.82 Å². The summed E-state index contributed by atoms with van der Waals surface area (Å²) in [6.07, 6.45) is 4.18. The van der Waals surface area contributed by atoms with Crippen molar-refractivity contribution in [1.82, 2.24) is 24.8 Å². The van der Waals surface area contributed by atoms with Gasteiger partial charge < -0.3 is 24.9 Å². The van der Waals surface area contributed by atoms with Crippen molar-refractivity contribution in [2.45, 2.75) is 12.8 Å². The van der Waals surface area contributed by atoms with Crippen molar-refractivity contribution < 1.29 is 14.2 Å². The van der Waals surface area contributed by atoms with Crippen LogP contribution in [0.3, 0.4) is 0 Å². The normalized spacial score (nSPS) is 13.9. The van der Waals surface area contributed by atoms with Crippen LogP contribution in [-0.4, -0.2) is 65.3 Å². The summed E-state index contributed by atoms with van der Waals surface area (Å²) in [4.78, 5) is 19.5. The molecule has 0 aliphatic carbocycles. The van der Waals surface area contributed by atoms with Crippen LogP contribution in [0.15, 0.2) is 42.6 Å². The number of rotatable bonds is 8. The lowest BCUT2D eigenvalue weighted by Gasteiger charge is -2.16. The number of ether oxygens (including phenoxy) is 3. The van der Waals surface area contributed by atoms with Gasteiger partial charge in [0, 0.05) is 12.1 Å². The number of aromatic amines is 1. The molecule has 34 heavy (non-hydrogen) atoms. The summed E-state index contributed by atoms with van der Waals surface area (Å²) in [5.41, 5.74) is 9.67. The maximum atomic E-state index is 6.17. The molecule has 0 saturated carbocycles. The molecule has 3 N–H and O–H groups in total. The molecule has 2 aromatic heterocycles. The second kappa shape index (κ2) is 9.56. The molecule has 0 radical (unpaired) electrons. The number of aromatic nitrogens is 4. The van der Waals surface area contributed by atoms with Crippen LogP contribution in [0, 0.1) is 0 Å². The van der Waals surface area contributed by atoms with Crippen LogP contribution in [-0.2, 0) is 0 Å². The van der Waals surface area contributed by atoms with E-state index in [4.69, 9.17) is 24.9 Å². The molecule has 4 aromatic rings. The Morgan fingerprint density at radius 3 is 2.62 bits per heavy atom. The van der Waals surface area contributed by atoms with Crippen molar-refractivity contribution in [1.29, 1.82) is 0 Å². The molecular formula is C25H28N6O3. The Kier molecular flexibility index (Phi) is 6.18. The number of fused-ring (bicyclic) bond motifs is 1. The summed E-state index contributed by atoms with van der Waals surface area (Å²) in [7, 11) is 3.25. The summed E-state index contributed by atoms with van der Waals surface area (Å²) < 4.78 is 17.0. The second-order valence-electron chi connectivity index (χ2n) is 8.19. The van der Waals surface area contributed by atoms with Crippen molar-refractivity contribution in [2.75, 3.05) is 46.2 Å². The number of anilines is 1. The largest absolute Gasteiger partial charge is 0.494 e. The Balaban J connectivity index is 1.41. The van der Waals surface area contributed by atoms with E-state index in [1.807, 2.05) is 36.4 Å². The molecule has 0 spiro atoms. The predicted octanol–water partition coefficient (Wildman–Crippen LogP) is 3.76. The van der Waals surface area contributed by atoms with Crippen LogP contribution in [0.2, 0.25) is 0 Å². The SMILES string of the molecule is COc1cc(-c2cnc(N)c(-c3nc4c(OC)cccc4[nH]3)n2)ccc1OCCN1CCCC1. The third-order valence-electron chi connectivity index (χ3n) is 6.04. The molecule has 5 rings (SSSR count). The lowest BCUT2D eigenvalue weighted by molar-refractivity contribution is 0.230. The number of nitrogens with two attached hydrogens (primary N) is 1. The number of hydrogen-bond acceptors (Lipinski definition) is 8. The number of hydrogen-bond donors (Lipinski definition) is 2. The van der Waals surface area contributed by atoms with Gasteiger partial charge in [-0.1, -0.05) is 6.07 Å². The van der Waals surface area contributed by atoms with E-state index in [9.17, 15) is 0 Å². The van der Waals surface area contributed by atoms with Crippen LogP contribution >= 0.6 is 0 Å². The number of nitrogen functional groups attached to an aromatic ring is 1. The number of benzene rings is 2. The summed E-state index contributed by atoms with van der Waals surface area (Å²) in [5, 5.41) is 0. The fraction of sp³-hybridized carbons (Fsp3) is 0.320. The first-order valence-corrected chi connectivity index (χ1v) is 11.4. The van der Waals surface area contributed by atoms with Crippen molar-refractivity contribution in [3.8, 4) is 40.0 Å². The predicted molar refractivity (Wildman–Crippen MR) is 131 cm³/mol. The van der Waals surface area contributed by atoms with Crippen LogP contribution < -0.4 is 19.9 Å². The molecule has 2 aromatic carbocycles. The highest BCUT2D eigenvalue weighted by molar-refractivity contribution is 5.85. The van der Waals surface area contributed by atoms with Crippen molar-refractivity contribution in [3.63, 3.8) is 0 Å². The fourth-order valence-electron chi connectivity index (χ4n) is 4.23. The molecule has 9 heteroatoms. The Labute approximate surface area is 197 Å². The Morgan fingerprint density at radius 1 is 1.00 bits per heavy atom. The quantitative estimate of drug-likeness (QED) is 0.409. The fourth-order valence-corrected chi connectivity index (χ4v) is 4.23.